The van der Waals surface area contributed by atoms with Crippen LogP contribution < -0.4 is 20.9 Å². The Morgan fingerprint density at radius 3 is 2.65 bits per heavy atom. The predicted molar refractivity (Wildman–Crippen MR) is 75.7 cm³/mol. The largest absolute Gasteiger partial charge is 0.458 e. The summed E-state index contributed by atoms with van der Waals surface area (Å²) in [5, 5.41) is 0. The molecular formula is C12H22N6O2. The molecule has 1 aliphatic rings. The number of rotatable bonds is 6. The summed E-state index contributed by atoms with van der Waals surface area (Å²) in [6.45, 7) is 4.25. The zero-order valence-electron chi connectivity index (χ0n) is 12.0. The molecule has 0 saturated carbocycles. The molecule has 8 nitrogen and oxygen atoms in total. The van der Waals surface area contributed by atoms with Gasteiger partial charge in [0, 0.05) is 20.2 Å². The van der Waals surface area contributed by atoms with Crippen LogP contribution in [-0.2, 0) is 4.74 Å². The topological polar surface area (TPSA) is 98.4 Å². The quantitative estimate of drug-likeness (QED) is 0.577. The summed E-state index contributed by atoms with van der Waals surface area (Å²) in [5.41, 5.74) is 2.45. The number of methoxy groups -OCH3 is 1. The van der Waals surface area contributed by atoms with E-state index in [-0.39, 0.29) is 12.1 Å². The number of nitrogens with zero attached hydrogens (tertiary/aromatic N) is 4. The lowest BCUT2D eigenvalue weighted by Gasteiger charge is -2.27. The van der Waals surface area contributed by atoms with E-state index >= 15 is 0 Å². The Morgan fingerprint density at radius 1 is 1.25 bits per heavy atom. The minimum Gasteiger partial charge on any atom is -0.458 e. The number of anilines is 2. The van der Waals surface area contributed by atoms with E-state index in [9.17, 15) is 0 Å². The second-order valence-electron chi connectivity index (χ2n) is 4.82. The molecule has 1 fully saturated rings. The summed E-state index contributed by atoms with van der Waals surface area (Å²) in [6.07, 6.45) is 3.40. The second-order valence-corrected chi connectivity index (χ2v) is 4.82. The van der Waals surface area contributed by atoms with Gasteiger partial charge in [-0.2, -0.15) is 15.0 Å². The van der Waals surface area contributed by atoms with Gasteiger partial charge in [-0.25, -0.2) is 5.84 Å². The Morgan fingerprint density at radius 2 is 2.00 bits per heavy atom. The standard InChI is InChI=1S/C12H22N6O2/c1-9(8-19-2)20-12-15-10(17-13)14-11(16-12)18-6-4-3-5-7-18/h9H,3-8,13H2,1-2H3,(H,14,15,16,17). The maximum Gasteiger partial charge on any atom is 0.323 e. The van der Waals surface area contributed by atoms with Gasteiger partial charge in [0.1, 0.15) is 6.10 Å². The molecule has 1 saturated heterocycles. The van der Waals surface area contributed by atoms with Crippen LogP contribution >= 0.6 is 0 Å². The van der Waals surface area contributed by atoms with Crippen LogP contribution in [0.1, 0.15) is 26.2 Å². The van der Waals surface area contributed by atoms with Crippen LogP contribution in [0.4, 0.5) is 11.9 Å². The molecular weight excluding hydrogens is 260 g/mol. The van der Waals surface area contributed by atoms with Gasteiger partial charge >= 0.3 is 6.01 Å². The fraction of sp³-hybridized carbons (Fsp3) is 0.750. The van der Waals surface area contributed by atoms with Crippen molar-refractivity contribution in [2.24, 2.45) is 5.84 Å². The Bertz CT molecular complexity index is 424. The zero-order valence-corrected chi connectivity index (χ0v) is 12.0. The molecule has 0 aromatic carbocycles. The normalized spacial score (nSPS) is 16.9. The number of nitrogens with one attached hydrogen (secondary N) is 1. The van der Waals surface area contributed by atoms with Gasteiger partial charge in [-0.05, 0) is 26.2 Å². The Kier molecular flexibility index (Phi) is 5.31. The maximum absolute atomic E-state index is 5.62. The van der Waals surface area contributed by atoms with Crippen molar-refractivity contribution in [3.05, 3.63) is 0 Å². The SMILES string of the molecule is COCC(C)Oc1nc(NN)nc(N2CCCCC2)n1. The zero-order chi connectivity index (χ0) is 14.4. The van der Waals surface area contributed by atoms with Crippen LogP contribution in [0.15, 0.2) is 0 Å². The predicted octanol–water partition coefficient (Wildman–Crippen LogP) is 0.561. The van der Waals surface area contributed by atoms with Crippen molar-refractivity contribution in [1.82, 2.24) is 15.0 Å². The highest BCUT2D eigenvalue weighted by Crippen LogP contribution is 2.19. The minimum atomic E-state index is -0.137. The third kappa shape index (κ3) is 3.91. The highest BCUT2D eigenvalue weighted by atomic mass is 16.5. The summed E-state index contributed by atoms with van der Waals surface area (Å²) in [5.74, 6) is 6.31. The second kappa shape index (κ2) is 7.20. The van der Waals surface area contributed by atoms with Gasteiger partial charge in [0.05, 0.1) is 6.61 Å². The fourth-order valence-corrected chi connectivity index (χ4v) is 2.15. The Labute approximate surface area is 118 Å². The highest BCUT2D eigenvalue weighted by Gasteiger charge is 2.17. The first kappa shape index (κ1) is 14.7. The van der Waals surface area contributed by atoms with Crippen LogP contribution in [0.2, 0.25) is 0 Å². The van der Waals surface area contributed by atoms with Crippen LogP contribution in [-0.4, -0.2) is 47.9 Å². The molecule has 20 heavy (non-hydrogen) atoms. The Hall–Kier alpha value is -1.67. The third-order valence-electron chi connectivity index (χ3n) is 3.08. The molecule has 0 aliphatic carbocycles. The van der Waals surface area contributed by atoms with Gasteiger partial charge in [0.25, 0.3) is 0 Å². The number of nitrogen functional groups attached to an aromatic ring is 1. The molecule has 2 rings (SSSR count). The van der Waals surface area contributed by atoms with E-state index in [1.807, 2.05) is 6.92 Å². The first-order valence-electron chi connectivity index (χ1n) is 6.86. The van der Waals surface area contributed by atoms with Gasteiger partial charge in [-0.3, -0.25) is 5.43 Å². The molecule has 0 spiro atoms. The van der Waals surface area contributed by atoms with Crippen molar-refractivity contribution in [3.63, 3.8) is 0 Å². The summed E-state index contributed by atoms with van der Waals surface area (Å²) in [7, 11) is 1.62. The number of piperidine rings is 1. The van der Waals surface area contributed by atoms with Gasteiger partial charge < -0.3 is 14.4 Å². The van der Waals surface area contributed by atoms with E-state index in [2.05, 4.69) is 25.3 Å². The summed E-state index contributed by atoms with van der Waals surface area (Å²) < 4.78 is 10.7. The van der Waals surface area contributed by atoms with Crippen molar-refractivity contribution < 1.29 is 9.47 Å². The smallest absolute Gasteiger partial charge is 0.323 e. The average molecular weight is 282 g/mol. The van der Waals surface area contributed by atoms with Crippen molar-refractivity contribution >= 4 is 11.9 Å². The molecule has 0 radical (unpaired) electrons. The number of nitrogens with two attached hydrogens (primary N) is 1. The number of hydrogen-bond acceptors (Lipinski definition) is 8. The molecule has 1 atom stereocenters. The van der Waals surface area contributed by atoms with Gasteiger partial charge in [-0.1, -0.05) is 0 Å². The van der Waals surface area contributed by atoms with E-state index in [1.165, 1.54) is 6.42 Å². The van der Waals surface area contributed by atoms with E-state index in [1.54, 1.807) is 7.11 Å². The number of aromatic nitrogens is 3. The van der Waals surface area contributed by atoms with E-state index in [0.717, 1.165) is 25.9 Å². The summed E-state index contributed by atoms with van der Waals surface area (Å²) >= 11 is 0. The van der Waals surface area contributed by atoms with E-state index in [0.29, 0.717) is 18.5 Å². The molecule has 1 aromatic rings. The van der Waals surface area contributed by atoms with Crippen LogP contribution in [0.3, 0.4) is 0 Å². The Balaban J connectivity index is 2.14. The van der Waals surface area contributed by atoms with Crippen LogP contribution in [0.25, 0.3) is 0 Å². The molecule has 1 unspecified atom stereocenters. The molecule has 0 amide bonds. The van der Waals surface area contributed by atoms with Crippen molar-refractivity contribution in [2.45, 2.75) is 32.3 Å². The first-order chi connectivity index (χ1) is 9.72. The van der Waals surface area contributed by atoms with Crippen molar-refractivity contribution in [3.8, 4) is 6.01 Å². The van der Waals surface area contributed by atoms with Gasteiger partial charge in [0.15, 0.2) is 0 Å². The molecule has 1 aromatic heterocycles. The third-order valence-corrected chi connectivity index (χ3v) is 3.08. The molecule has 0 bridgehead atoms. The number of ether oxygens (including phenoxy) is 2. The maximum atomic E-state index is 5.62. The monoisotopic (exact) mass is 282 g/mol. The average Bonchev–Trinajstić information content (AvgIpc) is 2.48. The molecule has 3 N–H and O–H groups in total. The van der Waals surface area contributed by atoms with E-state index < -0.39 is 0 Å². The summed E-state index contributed by atoms with van der Waals surface area (Å²) in [6, 6.07) is 0.262. The van der Waals surface area contributed by atoms with Gasteiger partial charge in [0.2, 0.25) is 11.9 Å². The molecule has 112 valence electrons. The lowest BCUT2D eigenvalue weighted by Crippen LogP contribution is -2.32. The minimum absolute atomic E-state index is 0.137. The molecule has 1 aliphatic heterocycles. The van der Waals surface area contributed by atoms with Crippen molar-refractivity contribution in [1.29, 1.82) is 0 Å². The first-order valence-corrected chi connectivity index (χ1v) is 6.86. The van der Waals surface area contributed by atoms with E-state index in [4.69, 9.17) is 15.3 Å². The number of hydrogen-bond donors (Lipinski definition) is 2. The van der Waals surface area contributed by atoms with Crippen LogP contribution in [0.5, 0.6) is 6.01 Å². The van der Waals surface area contributed by atoms with Crippen LogP contribution in [0, 0.1) is 0 Å². The molecule has 2 heterocycles. The van der Waals surface area contributed by atoms with Crippen molar-refractivity contribution in [2.75, 3.05) is 37.1 Å². The van der Waals surface area contributed by atoms with Gasteiger partial charge in [-0.15, -0.1) is 0 Å². The summed E-state index contributed by atoms with van der Waals surface area (Å²) in [4.78, 5) is 14.9. The lowest BCUT2D eigenvalue weighted by molar-refractivity contribution is 0.0855. The highest BCUT2D eigenvalue weighted by molar-refractivity contribution is 5.38. The number of hydrazine groups is 1. The molecule has 8 heteroatoms. The fourth-order valence-electron chi connectivity index (χ4n) is 2.15. The lowest BCUT2D eigenvalue weighted by atomic mass is 10.1.